The minimum absolute atomic E-state index is 0.179. The molecule has 0 aliphatic carbocycles. The van der Waals surface area contributed by atoms with Crippen LogP contribution >= 0.6 is 0 Å². The van der Waals surface area contributed by atoms with Gasteiger partial charge < -0.3 is 14.1 Å². The maximum atomic E-state index is 14.0. The van der Waals surface area contributed by atoms with E-state index in [1.54, 1.807) is 18.1 Å². The molecule has 6 rings (SSSR count). The van der Waals surface area contributed by atoms with E-state index in [1.807, 2.05) is 73.7 Å². The molecule has 3 heterocycles. The van der Waals surface area contributed by atoms with Crippen LogP contribution in [-0.2, 0) is 19.6 Å². The average Bonchev–Trinajstić information content (AvgIpc) is 3.69. The van der Waals surface area contributed by atoms with Crippen LogP contribution in [0.4, 0.5) is 0 Å². The lowest BCUT2D eigenvalue weighted by molar-refractivity contribution is 0.193. The molecule has 1 N–H and O–H groups in total. The molecule has 0 radical (unpaired) electrons. The molecular formula is C33H32N6O3. The number of aromatic nitrogens is 5. The number of ether oxygens (including phenoxy) is 1. The maximum absolute atomic E-state index is 14.0. The van der Waals surface area contributed by atoms with Gasteiger partial charge in [0.15, 0.2) is 5.82 Å². The van der Waals surface area contributed by atoms with Crippen LogP contribution in [0.5, 0.6) is 5.75 Å². The van der Waals surface area contributed by atoms with E-state index in [4.69, 9.17) is 9.15 Å². The number of H-pyrrole nitrogens is 1. The molecule has 0 unspecified atom stereocenters. The number of tetrazole rings is 1. The first-order valence-corrected chi connectivity index (χ1v) is 13.8. The minimum Gasteiger partial charge on any atom is -0.497 e. The van der Waals surface area contributed by atoms with Crippen LogP contribution in [0.15, 0.2) is 100 Å². The summed E-state index contributed by atoms with van der Waals surface area (Å²) in [6, 6.07) is 27.4. The van der Waals surface area contributed by atoms with Crippen LogP contribution in [0, 0.1) is 13.8 Å². The van der Waals surface area contributed by atoms with Gasteiger partial charge in [0.2, 0.25) is 0 Å². The van der Waals surface area contributed by atoms with E-state index in [-0.39, 0.29) is 5.56 Å². The molecule has 9 heteroatoms. The Morgan fingerprint density at radius 2 is 1.67 bits per heavy atom. The number of aromatic amines is 1. The highest BCUT2D eigenvalue weighted by Crippen LogP contribution is 2.32. The molecule has 0 aliphatic rings. The fourth-order valence-corrected chi connectivity index (χ4v) is 5.39. The van der Waals surface area contributed by atoms with Crippen molar-refractivity contribution in [2.45, 2.75) is 39.5 Å². The molecule has 0 saturated heterocycles. The number of methoxy groups -OCH3 is 1. The molecule has 6 aromatic rings. The number of pyridine rings is 1. The number of nitrogens with zero attached hydrogens (tertiary/aromatic N) is 5. The van der Waals surface area contributed by atoms with Crippen molar-refractivity contribution in [2.75, 3.05) is 7.11 Å². The van der Waals surface area contributed by atoms with Gasteiger partial charge in [-0.05, 0) is 76.9 Å². The highest BCUT2D eigenvalue weighted by molar-refractivity contribution is 5.85. The predicted molar refractivity (Wildman–Crippen MR) is 160 cm³/mol. The van der Waals surface area contributed by atoms with Gasteiger partial charge in [-0.25, -0.2) is 4.68 Å². The van der Waals surface area contributed by atoms with Gasteiger partial charge in [0.25, 0.3) is 5.56 Å². The SMILES string of the molecule is COc1ccc(CN(Cc2ccccc2)[C@@H](c2cc3c(C)ccc(C)c3[nH]c2=O)c2nnnn2Cc2ccco2)cc1. The first-order valence-electron chi connectivity index (χ1n) is 13.8. The topological polar surface area (TPSA) is 102 Å². The fraction of sp³-hybridized carbons (Fsp3) is 0.212. The Kier molecular flexibility index (Phi) is 7.66. The quantitative estimate of drug-likeness (QED) is 0.234. The number of rotatable bonds is 10. The third kappa shape index (κ3) is 5.59. The number of benzene rings is 3. The van der Waals surface area contributed by atoms with E-state index in [2.05, 4.69) is 50.5 Å². The maximum Gasteiger partial charge on any atom is 0.253 e. The van der Waals surface area contributed by atoms with Crippen LogP contribution in [0.2, 0.25) is 0 Å². The smallest absolute Gasteiger partial charge is 0.253 e. The molecule has 1 atom stereocenters. The Labute approximate surface area is 243 Å². The molecule has 212 valence electrons. The second-order valence-corrected chi connectivity index (χ2v) is 10.5. The van der Waals surface area contributed by atoms with Gasteiger partial charge >= 0.3 is 0 Å². The van der Waals surface area contributed by atoms with E-state index in [0.29, 0.717) is 36.8 Å². The van der Waals surface area contributed by atoms with Gasteiger partial charge in [-0.3, -0.25) is 9.69 Å². The van der Waals surface area contributed by atoms with Crippen LogP contribution in [0.3, 0.4) is 0 Å². The Morgan fingerprint density at radius 3 is 2.38 bits per heavy atom. The van der Waals surface area contributed by atoms with E-state index >= 15 is 0 Å². The molecule has 0 saturated carbocycles. The Balaban J connectivity index is 1.54. The number of nitrogens with one attached hydrogen (secondary N) is 1. The zero-order chi connectivity index (χ0) is 29.1. The molecule has 3 aromatic carbocycles. The zero-order valence-corrected chi connectivity index (χ0v) is 23.8. The summed E-state index contributed by atoms with van der Waals surface area (Å²) >= 11 is 0. The fourth-order valence-electron chi connectivity index (χ4n) is 5.39. The second kappa shape index (κ2) is 11.8. The predicted octanol–water partition coefficient (Wildman–Crippen LogP) is 5.57. The summed E-state index contributed by atoms with van der Waals surface area (Å²) in [6.45, 7) is 5.47. The third-order valence-electron chi connectivity index (χ3n) is 7.60. The molecule has 0 aliphatic heterocycles. The van der Waals surface area contributed by atoms with Crippen molar-refractivity contribution in [3.8, 4) is 5.75 Å². The summed E-state index contributed by atoms with van der Waals surface area (Å²) in [5.41, 5.74) is 5.47. The standard InChI is InChI=1S/C33H32N6O3/c1-22-11-12-23(2)30-28(22)18-29(33(40)34-30)31(32-35-36-37-39(32)21-27-10-7-17-42-27)38(19-24-8-5-4-6-9-24)20-25-13-15-26(41-3)16-14-25/h4-18,31H,19-21H2,1-3H3,(H,34,40)/t31-/m0/s1. The summed E-state index contributed by atoms with van der Waals surface area (Å²) < 4.78 is 12.7. The summed E-state index contributed by atoms with van der Waals surface area (Å²) in [5, 5.41) is 13.9. The van der Waals surface area contributed by atoms with Gasteiger partial charge in [-0.15, -0.1) is 5.10 Å². The largest absolute Gasteiger partial charge is 0.497 e. The number of fused-ring (bicyclic) bond motifs is 1. The van der Waals surface area contributed by atoms with Crippen molar-refractivity contribution in [1.82, 2.24) is 30.1 Å². The average molecular weight is 561 g/mol. The number of hydrogen-bond acceptors (Lipinski definition) is 7. The first kappa shape index (κ1) is 27.2. The van der Waals surface area contributed by atoms with Gasteiger partial charge in [0.05, 0.1) is 18.9 Å². The van der Waals surface area contributed by atoms with Crippen LogP contribution in [0.25, 0.3) is 10.9 Å². The summed E-state index contributed by atoms with van der Waals surface area (Å²) in [4.78, 5) is 19.4. The van der Waals surface area contributed by atoms with Crippen LogP contribution in [0.1, 0.15) is 45.4 Å². The zero-order valence-electron chi connectivity index (χ0n) is 23.8. The Hall–Kier alpha value is -5.02. The number of aryl methyl sites for hydroxylation is 2. The molecular weight excluding hydrogens is 528 g/mol. The van der Waals surface area contributed by atoms with Crippen molar-refractivity contribution in [1.29, 1.82) is 0 Å². The van der Waals surface area contributed by atoms with Crippen molar-refractivity contribution >= 4 is 10.9 Å². The Bertz CT molecular complexity index is 1840. The lowest BCUT2D eigenvalue weighted by Crippen LogP contribution is -2.35. The first-order chi connectivity index (χ1) is 20.5. The normalized spacial score (nSPS) is 12.2. The summed E-state index contributed by atoms with van der Waals surface area (Å²) in [6.07, 6.45) is 1.63. The van der Waals surface area contributed by atoms with E-state index in [0.717, 1.165) is 38.9 Å². The van der Waals surface area contributed by atoms with Gasteiger partial charge in [-0.1, -0.05) is 54.6 Å². The van der Waals surface area contributed by atoms with Crippen molar-refractivity contribution in [2.24, 2.45) is 0 Å². The van der Waals surface area contributed by atoms with E-state index < -0.39 is 6.04 Å². The number of furan rings is 1. The Morgan fingerprint density at radius 1 is 0.929 bits per heavy atom. The summed E-state index contributed by atoms with van der Waals surface area (Å²) in [5.74, 6) is 2.04. The van der Waals surface area contributed by atoms with Gasteiger partial charge in [0, 0.05) is 24.0 Å². The van der Waals surface area contributed by atoms with Crippen molar-refractivity contribution in [3.05, 3.63) is 141 Å². The lowest BCUT2D eigenvalue weighted by atomic mass is 9.98. The van der Waals surface area contributed by atoms with E-state index in [1.165, 1.54) is 0 Å². The third-order valence-corrected chi connectivity index (χ3v) is 7.60. The number of hydrogen-bond donors (Lipinski definition) is 1. The van der Waals surface area contributed by atoms with E-state index in [9.17, 15) is 4.79 Å². The molecule has 9 nitrogen and oxygen atoms in total. The molecule has 3 aromatic heterocycles. The molecule has 0 fully saturated rings. The second-order valence-electron chi connectivity index (χ2n) is 10.5. The monoisotopic (exact) mass is 560 g/mol. The molecule has 0 bridgehead atoms. The van der Waals surface area contributed by atoms with Crippen LogP contribution in [-0.4, -0.2) is 37.2 Å². The van der Waals surface area contributed by atoms with Gasteiger partial charge in [-0.2, -0.15) is 0 Å². The van der Waals surface area contributed by atoms with Crippen molar-refractivity contribution in [3.63, 3.8) is 0 Å². The molecule has 0 spiro atoms. The lowest BCUT2D eigenvalue weighted by Gasteiger charge is -2.31. The van der Waals surface area contributed by atoms with Gasteiger partial charge in [0.1, 0.15) is 24.1 Å². The molecule has 0 amide bonds. The van der Waals surface area contributed by atoms with Crippen molar-refractivity contribution < 1.29 is 9.15 Å². The molecule has 42 heavy (non-hydrogen) atoms. The summed E-state index contributed by atoms with van der Waals surface area (Å²) in [7, 11) is 1.65. The highest BCUT2D eigenvalue weighted by Gasteiger charge is 2.31. The van der Waals surface area contributed by atoms with Crippen LogP contribution < -0.4 is 10.3 Å². The minimum atomic E-state index is -0.578. The highest BCUT2D eigenvalue weighted by atomic mass is 16.5.